The van der Waals surface area contributed by atoms with Crippen molar-refractivity contribution in [1.82, 2.24) is 0 Å². The van der Waals surface area contributed by atoms with Crippen LogP contribution in [0.25, 0.3) is 0 Å². The van der Waals surface area contributed by atoms with Gasteiger partial charge in [0.05, 0.1) is 12.7 Å². The minimum atomic E-state index is -1.58. The molecule has 0 amide bonds. The number of hydrogen-bond acceptors (Lipinski definition) is 1. The van der Waals surface area contributed by atoms with E-state index in [2.05, 4.69) is 55.5 Å². The predicted molar refractivity (Wildman–Crippen MR) is 141 cm³/mol. The van der Waals surface area contributed by atoms with E-state index in [1.807, 2.05) is 0 Å². The fourth-order valence-electron chi connectivity index (χ4n) is 6.02. The third-order valence-corrected chi connectivity index (χ3v) is 8.29. The highest BCUT2D eigenvalue weighted by Gasteiger charge is 2.25. The van der Waals surface area contributed by atoms with Gasteiger partial charge in [-0.3, -0.25) is 0 Å². The summed E-state index contributed by atoms with van der Waals surface area (Å²) < 4.78 is 30.6. The third-order valence-electron chi connectivity index (χ3n) is 8.29. The number of rotatable bonds is 10. The zero-order valence-electron chi connectivity index (χ0n) is 21.4. The Morgan fingerprint density at radius 2 is 1.31 bits per heavy atom. The Hall–Kier alpha value is -2.00. The number of ether oxygens (including phenoxy) is 1. The molecular formula is C32H42F2O. The first-order valence-corrected chi connectivity index (χ1v) is 13.9. The molecule has 4 rings (SSSR count). The van der Waals surface area contributed by atoms with E-state index in [0.29, 0.717) is 36.7 Å². The van der Waals surface area contributed by atoms with Crippen LogP contribution in [0.3, 0.4) is 0 Å². The van der Waals surface area contributed by atoms with Gasteiger partial charge in [0.1, 0.15) is 0 Å². The second-order valence-corrected chi connectivity index (χ2v) is 10.7. The SMILES string of the molecule is CCCCCC1CCC(c2ccc(C3CCC(c4ccc(CCC=C(F)F)cc4)CC3)cc2)CO1. The van der Waals surface area contributed by atoms with Crippen molar-refractivity contribution >= 4 is 0 Å². The molecule has 0 N–H and O–H groups in total. The molecule has 0 aromatic heterocycles. The fourth-order valence-corrected chi connectivity index (χ4v) is 6.02. The molecule has 1 saturated heterocycles. The van der Waals surface area contributed by atoms with E-state index in [9.17, 15) is 8.78 Å². The summed E-state index contributed by atoms with van der Waals surface area (Å²) in [5, 5.41) is 0. The molecular weight excluding hydrogens is 438 g/mol. The second-order valence-electron chi connectivity index (χ2n) is 10.7. The van der Waals surface area contributed by atoms with Crippen LogP contribution in [0, 0.1) is 0 Å². The van der Waals surface area contributed by atoms with Gasteiger partial charge in [-0.05, 0) is 98.0 Å². The smallest absolute Gasteiger partial charge is 0.266 e. The Bertz CT molecular complexity index is 898. The van der Waals surface area contributed by atoms with Crippen LogP contribution in [0.15, 0.2) is 60.7 Å². The van der Waals surface area contributed by atoms with E-state index < -0.39 is 6.08 Å². The van der Waals surface area contributed by atoms with E-state index in [1.54, 1.807) is 0 Å². The lowest BCUT2D eigenvalue weighted by Crippen LogP contribution is -2.24. The van der Waals surface area contributed by atoms with Gasteiger partial charge in [0.2, 0.25) is 0 Å². The van der Waals surface area contributed by atoms with Crippen molar-refractivity contribution in [2.45, 2.75) is 108 Å². The molecule has 1 nitrogen and oxygen atoms in total. The van der Waals surface area contributed by atoms with Gasteiger partial charge in [-0.25, -0.2) is 0 Å². The summed E-state index contributed by atoms with van der Waals surface area (Å²) in [6, 6.07) is 18.1. The molecule has 190 valence electrons. The summed E-state index contributed by atoms with van der Waals surface area (Å²) in [4.78, 5) is 0. The van der Waals surface area contributed by atoms with Crippen LogP contribution in [0.4, 0.5) is 8.78 Å². The van der Waals surface area contributed by atoms with E-state index in [-0.39, 0.29) is 0 Å². The lowest BCUT2D eigenvalue weighted by atomic mass is 9.76. The molecule has 2 fully saturated rings. The molecule has 1 aliphatic carbocycles. The zero-order valence-corrected chi connectivity index (χ0v) is 21.4. The molecule has 0 spiro atoms. The van der Waals surface area contributed by atoms with E-state index in [4.69, 9.17) is 4.74 Å². The maximum atomic E-state index is 12.2. The van der Waals surface area contributed by atoms with Crippen molar-refractivity contribution in [3.63, 3.8) is 0 Å². The van der Waals surface area contributed by atoms with Crippen molar-refractivity contribution < 1.29 is 13.5 Å². The second kappa shape index (κ2) is 13.3. The standard InChI is InChI=1S/C32H42F2O/c1-2-3-4-7-31-22-21-30(23-35-31)29-19-17-28(18-20-29)27-15-13-26(14-16-27)25-11-9-24(10-12-25)6-5-8-32(33)34/h8-12,17-20,26-27,30-31H,2-7,13-16,21-23H2,1H3. The summed E-state index contributed by atoms with van der Waals surface area (Å²) in [5.41, 5.74) is 5.47. The maximum absolute atomic E-state index is 12.2. The monoisotopic (exact) mass is 480 g/mol. The summed E-state index contributed by atoms with van der Waals surface area (Å²) in [7, 11) is 0. The third kappa shape index (κ3) is 7.74. The molecule has 1 aliphatic heterocycles. The molecule has 2 aliphatic rings. The van der Waals surface area contributed by atoms with Crippen molar-refractivity contribution in [2.75, 3.05) is 6.61 Å². The molecule has 1 heterocycles. The van der Waals surface area contributed by atoms with Crippen molar-refractivity contribution in [2.24, 2.45) is 0 Å². The summed E-state index contributed by atoms with van der Waals surface area (Å²) >= 11 is 0. The van der Waals surface area contributed by atoms with E-state index >= 15 is 0 Å². The van der Waals surface area contributed by atoms with E-state index in [1.165, 1.54) is 80.9 Å². The molecule has 2 atom stereocenters. The van der Waals surface area contributed by atoms with Crippen LogP contribution in [-0.4, -0.2) is 12.7 Å². The van der Waals surface area contributed by atoms with E-state index in [0.717, 1.165) is 18.2 Å². The molecule has 2 aromatic carbocycles. The fraction of sp³-hybridized carbons (Fsp3) is 0.562. The Morgan fingerprint density at radius 3 is 1.83 bits per heavy atom. The summed E-state index contributed by atoms with van der Waals surface area (Å²) in [6.07, 6.45) is 13.5. The average molecular weight is 481 g/mol. The van der Waals surface area contributed by atoms with Crippen LogP contribution in [0.1, 0.15) is 118 Å². The van der Waals surface area contributed by atoms with Crippen LogP contribution in [0.2, 0.25) is 0 Å². The maximum Gasteiger partial charge on any atom is 0.266 e. The first kappa shape index (κ1) is 26.1. The molecule has 35 heavy (non-hydrogen) atoms. The molecule has 0 radical (unpaired) electrons. The molecule has 2 aromatic rings. The van der Waals surface area contributed by atoms with Crippen LogP contribution in [-0.2, 0) is 11.2 Å². The average Bonchev–Trinajstić information content (AvgIpc) is 2.90. The lowest BCUT2D eigenvalue weighted by Gasteiger charge is -2.31. The van der Waals surface area contributed by atoms with Crippen molar-refractivity contribution in [1.29, 1.82) is 0 Å². The minimum absolute atomic E-state index is 0.402. The predicted octanol–water partition coefficient (Wildman–Crippen LogP) is 9.68. The number of unbranched alkanes of at least 4 members (excludes halogenated alkanes) is 2. The highest BCUT2D eigenvalue weighted by Crippen LogP contribution is 2.41. The minimum Gasteiger partial charge on any atom is -0.378 e. The van der Waals surface area contributed by atoms with Gasteiger partial charge >= 0.3 is 0 Å². The van der Waals surface area contributed by atoms with Gasteiger partial charge in [0.15, 0.2) is 0 Å². The van der Waals surface area contributed by atoms with Gasteiger partial charge < -0.3 is 4.74 Å². The van der Waals surface area contributed by atoms with Gasteiger partial charge in [0, 0.05) is 5.92 Å². The molecule has 1 saturated carbocycles. The summed E-state index contributed by atoms with van der Waals surface area (Å²) in [6.45, 7) is 3.14. The van der Waals surface area contributed by atoms with Crippen LogP contribution < -0.4 is 0 Å². The highest BCUT2D eigenvalue weighted by atomic mass is 19.3. The van der Waals surface area contributed by atoms with Gasteiger partial charge in [-0.1, -0.05) is 74.7 Å². The van der Waals surface area contributed by atoms with Crippen molar-refractivity contribution in [3.8, 4) is 0 Å². The first-order chi connectivity index (χ1) is 17.1. The van der Waals surface area contributed by atoms with Gasteiger partial charge in [-0.2, -0.15) is 8.78 Å². The van der Waals surface area contributed by atoms with Crippen LogP contribution in [0.5, 0.6) is 0 Å². The van der Waals surface area contributed by atoms with Crippen LogP contribution >= 0.6 is 0 Å². The Balaban J connectivity index is 1.22. The van der Waals surface area contributed by atoms with Crippen molar-refractivity contribution in [3.05, 3.63) is 82.9 Å². The lowest BCUT2D eigenvalue weighted by molar-refractivity contribution is -0.00208. The molecule has 3 heteroatoms. The Morgan fingerprint density at radius 1 is 0.771 bits per heavy atom. The number of allylic oxidation sites excluding steroid dienone is 1. The number of benzene rings is 2. The van der Waals surface area contributed by atoms with Gasteiger partial charge in [-0.15, -0.1) is 0 Å². The Kier molecular flexibility index (Phi) is 9.94. The zero-order chi connectivity index (χ0) is 24.5. The largest absolute Gasteiger partial charge is 0.378 e. The molecule has 2 unspecified atom stereocenters. The Labute approximate surface area is 211 Å². The number of halogens is 2. The van der Waals surface area contributed by atoms with Gasteiger partial charge in [0.25, 0.3) is 6.08 Å². The first-order valence-electron chi connectivity index (χ1n) is 13.9. The number of hydrogen-bond donors (Lipinski definition) is 0. The summed E-state index contributed by atoms with van der Waals surface area (Å²) in [5.74, 6) is 1.83. The quantitative estimate of drug-likeness (QED) is 0.308. The molecule has 0 bridgehead atoms. The topological polar surface area (TPSA) is 9.23 Å². The normalized spacial score (nSPS) is 24.8. The highest BCUT2D eigenvalue weighted by molar-refractivity contribution is 5.30. The number of aryl methyl sites for hydroxylation is 1.